The molecule has 3 nitrogen and oxygen atoms in total. The van der Waals surface area contributed by atoms with E-state index in [-0.39, 0.29) is 51.1 Å². The van der Waals surface area contributed by atoms with Crippen molar-refractivity contribution >= 4 is 17.6 Å². The molecule has 0 amide bonds. The fraction of sp³-hybridized carbons (Fsp3) is 0. The quantitative estimate of drug-likeness (QED) is 0.435. The summed E-state index contributed by atoms with van der Waals surface area (Å²) < 4.78 is 0. The molecule has 0 bridgehead atoms. The molecule has 0 aromatic carbocycles. The zero-order valence-electron chi connectivity index (χ0n) is 2.10. The summed E-state index contributed by atoms with van der Waals surface area (Å²) in [7, 11) is 0. The van der Waals surface area contributed by atoms with Crippen molar-refractivity contribution in [3.8, 4) is 0 Å². The van der Waals surface area contributed by atoms with Crippen molar-refractivity contribution in [2.75, 3.05) is 0 Å². The van der Waals surface area contributed by atoms with Gasteiger partial charge in [0.05, 0.1) is 0 Å². The van der Waals surface area contributed by atoms with Crippen LogP contribution < -0.4 is 0 Å². The molecule has 0 saturated heterocycles. The summed E-state index contributed by atoms with van der Waals surface area (Å²) in [6.45, 7) is 0. The van der Waals surface area contributed by atoms with Crippen LogP contribution in [0.3, 0.4) is 0 Å². The molecule has 5 heteroatoms. The van der Waals surface area contributed by atoms with Gasteiger partial charge in [0.1, 0.15) is 0 Å². The molecule has 0 spiro atoms. The Morgan fingerprint density at radius 1 is 0.600 bits per heavy atom. The van der Waals surface area contributed by atoms with Gasteiger partial charge in [0.15, 0.2) is 0 Å². The molecular formula is GeMnO3. The van der Waals surface area contributed by atoms with Crippen LogP contribution in [0.25, 0.3) is 0 Å². The molecule has 0 rings (SSSR count). The maximum absolute atomic E-state index is 0. The molecule has 0 aliphatic heterocycles. The van der Waals surface area contributed by atoms with Gasteiger partial charge in [-0.2, -0.15) is 0 Å². The number of hydrogen-bond donors (Lipinski definition) is 0. The fourth-order valence-electron chi connectivity index (χ4n) is 0. The van der Waals surface area contributed by atoms with Crippen molar-refractivity contribution in [2.45, 2.75) is 0 Å². The predicted molar refractivity (Wildman–Crippen MR) is 7.81 cm³/mol. The molecule has 0 aromatic heterocycles. The largest absolute Gasteiger partial charge is 4.00 e. The van der Waals surface area contributed by atoms with E-state index in [1.165, 1.54) is 0 Å². The zero-order valence-corrected chi connectivity index (χ0v) is 5.38. The van der Waals surface area contributed by atoms with E-state index in [1.54, 1.807) is 0 Å². The Hall–Kier alpha value is 0.942. The molecule has 0 heterocycles. The monoisotopic (exact) mass is 177 g/mol. The zero-order chi connectivity index (χ0) is 0. The minimum Gasteiger partial charge on any atom is -2.00 e. The van der Waals surface area contributed by atoms with Gasteiger partial charge in [0.25, 0.3) is 0 Å². The minimum atomic E-state index is 0. The van der Waals surface area contributed by atoms with E-state index in [2.05, 4.69) is 0 Å². The molecule has 29 valence electrons. The van der Waals surface area contributed by atoms with Crippen LogP contribution in [0.5, 0.6) is 0 Å². The van der Waals surface area contributed by atoms with Crippen LogP contribution in [0.2, 0.25) is 0 Å². The topological polar surface area (TPSA) is 85.5 Å². The van der Waals surface area contributed by atoms with E-state index in [4.69, 9.17) is 0 Å². The van der Waals surface area contributed by atoms with Crippen molar-refractivity contribution in [2.24, 2.45) is 0 Å². The minimum absolute atomic E-state index is 0. The molecule has 0 aromatic rings. The van der Waals surface area contributed by atoms with E-state index in [0.717, 1.165) is 0 Å². The fourth-order valence-corrected chi connectivity index (χ4v) is 0. The summed E-state index contributed by atoms with van der Waals surface area (Å²) in [4.78, 5) is 0. The van der Waals surface area contributed by atoms with E-state index in [9.17, 15) is 0 Å². The van der Waals surface area contributed by atoms with Gasteiger partial charge in [0, 0.05) is 0 Å². The van der Waals surface area contributed by atoms with Crippen LogP contribution in [-0.2, 0) is 33.5 Å². The van der Waals surface area contributed by atoms with Crippen molar-refractivity contribution in [1.29, 1.82) is 0 Å². The standard InChI is InChI=1S/Ge.Mn.3O/q+4;+2;3*-2. The van der Waals surface area contributed by atoms with Gasteiger partial charge in [0.2, 0.25) is 0 Å². The molecule has 0 saturated carbocycles. The van der Waals surface area contributed by atoms with Gasteiger partial charge >= 0.3 is 34.7 Å². The molecular weight excluding hydrogens is 176 g/mol. The normalized spacial score (nSPS) is 0. The van der Waals surface area contributed by atoms with Gasteiger partial charge in [-0.1, -0.05) is 0 Å². The van der Waals surface area contributed by atoms with Crippen molar-refractivity contribution < 1.29 is 33.5 Å². The maximum atomic E-state index is 0. The summed E-state index contributed by atoms with van der Waals surface area (Å²) >= 11 is 0. The van der Waals surface area contributed by atoms with Crippen molar-refractivity contribution in [3.05, 3.63) is 0 Å². The second-order valence-corrected chi connectivity index (χ2v) is 0. The van der Waals surface area contributed by atoms with Crippen molar-refractivity contribution in [3.63, 3.8) is 0 Å². The van der Waals surface area contributed by atoms with Crippen LogP contribution in [0.4, 0.5) is 0 Å². The Morgan fingerprint density at radius 2 is 0.600 bits per heavy atom. The second kappa shape index (κ2) is 86.5. The first-order valence-electron chi connectivity index (χ1n) is 0. The first-order valence-corrected chi connectivity index (χ1v) is 0. The van der Waals surface area contributed by atoms with Gasteiger partial charge in [-0.25, -0.2) is 0 Å². The molecule has 0 aliphatic carbocycles. The number of rotatable bonds is 0. The van der Waals surface area contributed by atoms with Crippen LogP contribution in [-0.4, -0.2) is 17.6 Å². The van der Waals surface area contributed by atoms with Crippen molar-refractivity contribution in [1.82, 2.24) is 0 Å². The third-order valence-electron chi connectivity index (χ3n) is 0. The van der Waals surface area contributed by atoms with Gasteiger partial charge in [-0.3, -0.25) is 0 Å². The third kappa shape index (κ3) is 48.2. The predicted octanol–water partition coefficient (Wildman–Crippen LogP) is -0.740. The Balaban J connectivity index is 0. The van der Waals surface area contributed by atoms with Crippen LogP contribution in [0, 0.1) is 0 Å². The summed E-state index contributed by atoms with van der Waals surface area (Å²) in [5.41, 5.74) is 0. The van der Waals surface area contributed by atoms with E-state index in [1.807, 2.05) is 0 Å². The Labute approximate surface area is 51.5 Å². The Kier molecular flexibility index (Phi) is 2830. The summed E-state index contributed by atoms with van der Waals surface area (Å²) in [5.74, 6) is 0. The maximum Gasteiger partial charge on any atom is 4.00 e. The summed E-state index contributed by atoms with van der Waals surface area (Å²) in [6, 6.07) is 0. The average molecular weight is 176 g/mol. The molecule has 1 radical (unpaired) electrons. The van der Waals surface area contributed by atoms with Crippen LogP contribution in [0.15, 0.2) is 0 Å². The number of hydrogen-bond acceptors (Lipinski definition) is 0. The first-order chi connectivity index (χ1) is 0. The molecule has 0 atom stereocenters. The Morgan fingerprint density at radius 3 is 0.600 bits per heavy atom. The van der Waals surface area contributed by atoms with Gasteiger partial charge < -0.3 is 16.4 Å². The average Bonchev–Trinajstić information content (AvgIpc) is 0. The second-order valence-electron chi connectivity index (χ2n) is 0. The molecule has 0 unspecified atom stereocenters. The van der Waals surface area contributed by atoms with Crippen LogP contribution >= 0.6 is 0 Å². The molecule has 0 fully saturated rings. The van der Waals surface area contributed by atoms with E-state index in [0.29, 0.717) is 0 Å². The molecule has 0 N–H and O–H groups in total. The molecule has 5 heavy (non-hydrogen) atoms. The smallest absolute Gasteiger partial charge is 2.00 e. The first kappa shape index (κ1) is 163. The van der Waals surface area contributed by atoms with Gasteiger partial charge in [-0.15, -0.1) is 0 Å². The van der Waals surface area contributed by atoms with E-state index < -0.39 is 0 Å². The third-order valence-corrected chi connectivity index (χ3v) is 0. The van der Waals surface area contributed by atoms with Crippen LogP contribution in [0.1, 0.15) is 0 Å². The Bertz CT molecular complexity index is 6.85. The SMILES string of the molecule is [Ge+4].[Mn+2].[O-2].[O-2].[O-2]. The van der Waals surface area contributed by atoms with Gasteiger partial charge in [-0.05, 0) is 0 Å². The van der Waals surface area contributed by atoms with E-state index >= 15 is 0 Å². The molecule has 0 aliphatic rings. The summed E-state index contributed by atoms with van der Waals surface area (Å²) in [6.07, 6.45) is 0. The summed E-state index contributed by atoms with van der Waals surface area (Å²) in [5, 5.41) is 0.